The lowest BCUT2D eigenvalue weighted by Gasteiger charge is -2.03. The summed E-state index contributed by atoms with van der Waals surface area (Å²) >= 11 is 3.32. The Morgan fingerprint density at radius 2 is 2.31 bits per heavy atom. The number of methoxy groups -OCH3 is 1. The highest BCUT2D eigenvalue weighted by atomic mass is 79.9. The van der Waals surface area contributed by atoms with Crippen LogP contribution in [0.3, 0.4) is 0 Å². The van der Waals surface area contributed by atoms with E-state index in [-0.39, 0.29) is 12.4 Å². The van der Waals surface area contributed by atoms with Crippen molar-refractivity contribution in [2.24, 2.45) is 0 Å². The summed E-state index contributed by atoms with van der Waals surface area (Å²) in [5.74, 6) is -0.272. The van der Waals surface area contributed by atoms with Gasteiger partial charge in [-0.15, -0.1) is 0 Å². The fourth-order valence-corrected chi connectivity index (χ4v) is 1.34. The number of nitrogens with two attached hydrogens (primary N) is 1. The lowest BCUT2D eigenvalue weighted by atomic mass is 10.1. The number of halogens is 1. The molecule has 0 fully saturated rings. The van der Waals surface area contributed by atoms with Gasteiger partial charge in [-0.3, -0.25) is 4.79 Å². The number of benzene rings is 1. The summed E-state index contributed by atoms with van der Waals surface area (Å²) in [7, 11) is 1.36. The number of carbonyl (C=O) groups excluding carboxylic acids is 1. The van der Waals surface area contributed by atoms with Crippen LogP contribution in [0, 0.1) is 0 Å². The van der Waals surface area contributed by atoms with Crippen LogP contribution in [0.25, 0.3) is 0 Å². The average Bonchev–Trinajstić information content (AvgIpc) is 2.11. The second-order valence-corrected chi connectivity index (χ2v) is 3.46. The minimum Gasteiger partial charge on any atom is -0.469 e. The fourth-order valence-electron chi connectivity index (χ4n) is 0.958. The summed E-state index contributed by atoms with van der Waals surface area (Å²) in [6, 6.07) is 5.33. The zero-order chi connectivity index (χ0) is 9.84. The molecule has 0 unspecified atom stereocenters. The highest BCUT2D eigenvalue weighted by Crippen LogP contribution is 2.20. The van der Waals surface area contributed by atoms with E-state index in [1.807, 2.05) is 6.07 Å². The second kappa shape index (κ2) is 4.28. The number of hydrogen-bond acceptors (Lipinski definition) is 3. The molecule has 0 aromatic heterocycles. The molecule has 3 nitrogen and oxygen atoms in total. The van der Waals surface area contributed by atoms with Crippen molar-refractivity contribution in [2.75, 3.05) is 12.8 Å². The Kier molecular flexibility index (Phi) is 3.31. The van der Waals surface area contributed by atoms with E-state index in [0.29, 0.717) is 5.69 Å². The number of carbonyl (C=O) groups is 1. The van der Waals surface area contributed by atoms with Gasteiger partial charge in [-0.25, -0.2) is 0 Å². The first-order valence-electron chi connectivity index (χ1n) is 3.74. The molecule has 1 aromatic rings. The van der Waals surface area contributed by atoms with Crippen LogP contribution in [-0.4, -0.2) is 13.1 Å². The van der Waals surface area contributed by atoms with Gasteiger partial charge in [-0.05, 0) is 23.8 Å². The molecule has 70 valence electrons. The first-order valence-corrected chi connectivity index (χ1v) is 4.53. The smallest absolute Gasteiger partial charge is 0.310 e. The zero-order valence-electron chi connectivity index (χ0n) is 7.21. The van der Waals surface area contributed by atoms with Crippen LogP contribution in [0.15, 0.2) is 22.7 Å². The second-order valence-electron chi connectivity index (χ2n) is 2.60. The summed E-state index contributed by atoms with van der Waals surface area (Å²) in [5.41, 5.74) is 7.05. The molecule has 0 amide bonds. The highest BCUT2D eigenvalue weighted by molar-refractivity contribution is 9.10. The Bertz CT molecular complexity index is 325. The maximum Gasteiger partial charge on any atom is 0.310 e. The van der Waals surface area contributed by atoms with E-state index in [4.69, 9.17) is 5.73 Å². The molecule has 1 rings (SSSR count). The third-order valence-corrected chi connectivity index (χ3v) is 2.41. The average molecular weight is 244 g/mol. The molecule has 0 bridgehead atoms. The number of anilines is 1. The van der Waals surface area contributed by atoms with Crippen molar-refractivity contribution in [2.45, 2.75) is 6.42 Å². The van der Waals surface area contributed by atoms with E-state index in [0.717, 1.165) is 10.0 Å². The molecule has 2 N–H and O–H groups in total. The first-order chi connectivity index (χ1) is 6.13. The quantitative estimate of drug-likeness (QED) is 0.636. The van der Waals surface area contributed by atoms with Crippen LogP contribution in [0.1, 0.15) is 5.56 Å². The minimum atomic E-state index is -0.272. The molecule has 0 aliphatic heterocycles. The van der Waals surface area contributed by atoms with E-state index in [9.17, 15) is 4.79 Å². The van der Waals surface area contributed by atoms with Gasteiger partial charge in [0, 0.05) is 10.2 Å². The topological polar surface area (TPSA) is 52.3 Å². The third-order valence-electron chi connectivity index (χ3n) is 1.63. The SMILES string of the molecule is COC(=O)Cc1cc(N)ccc1Br. The maximum atomic E-state index is 11.0. The molecule has 0 aliphatic rings. The van der Waals surface area contributed by atoms with Gasteiger partial charge >= 0.3 is 5.97 Å². The predicted octanol–water partition coefficient (Wildman–Crippen LogP) is 1.75. The lowest BCUT2D eigenvalue weighted by Crippen LogP contribution is -2.05. The molecule has 0 saturated heterocycles. The monoisotopic (exact) mass is 243 g/mol. The van der Waals surface area contributed by atoms with Gasteiger partial charge in [0.1, 0.15) is 0 Å². The number of esters is 1. The Hall–Kier alpha value is -1.03. The van der Waals surface area contributed by atoms with E-state index in [1.54, 1.807) is 12.1 Å². The van der Waals surface area contributed by atoms with Crippen LogP contribution < -0.4 is 5.73 Å². The third kappa shape index (κ3) is 2.73. The van der Waals surface area contributed by atoms with Crippen molar-refractivity contribution >= 4 is 27.6 Å². The normalized spacial score (nSPS) is 9.69. The minimum absolute atomic E-state index is 0.238. The maximum absolute atomic E-state index is 11.0. The van der Waals surface area contributed by atoms with Crippen molar-refractivity contribution in [3.8, 4) is 0 Å². The molecular formula is C9H10BrNO2. The van der Waals surface area contributed by atoms with Gasteiger partial charge in [-0.2, -0.15) is 0 Å². The molecule has 0 heterocycles. The first kappa shape index (κ1) is 10.1. The molecule has 0 saturated carbocycles. The van der Waals surface area contributed by atoms with E-state index in [2.05, 4.69) is 20.7 Å². The highest BCUT2D eigenvalue weighted by Gasteiger charge is 2.06. The van der Waals surface area contributed by atoms with Crippen molar-refractivity contribution in [1.82, 2.24) is 0 Å². The van der Waals surface area contributed by atoms with Crippen molar-refractivity contribution in [3.05, 3.63) is 28.2 Å². The standard InChI is InChI=1S/C9H10BrNO2/c1-13-9(12)5-6-4-7(11)2-3-8(6)10/h2-4H,5,11H2,1H3. The van der Waals surface area contributed by atoms with E-state index in [1.165, 1.54) is 7.11 Å². The predicted molar refractivity (Wildman–Crippen MR) is 54.3 cm³/mol. The van der Waals surface area contributed by atoms with E-state index < -0.39 is 0 Å². The van der Waals surface area contributed by atoms with Crippen molar-refractivity contribution < 1.29 is 9.53 Å². The van der Waals surface area contributed by atoms with Gasteiger partial charge < -0.3 is 10.5 Å². The summed E-state index contributed by atoms with van der Waals surface area (Å²) < 4.78 is 5.42. The Labute approximate surface area is 85.0 Å². The Balaban J connectivity index is 2.87. The van der Waals surface area contributed by atoms with Crippen LogP contribution in [0.4, 0.5) is 5.69 Å². The number of ether oxygens (including phenoxy) is 1. The van der Waals surface area contributed by atoms with Gasteiger partial charge in [0.2, 0.25) is 0 Å². The molecule has 13 heavy (non-hydrogen) atoms. The van der Waals surface area contributed by atoms with Gasteiger partial charge in [-0.1, -0.05) is 15.9 Å². The molecule has 4 heteroatoms. The number of nitrogen functional groups attached to an aromatic ring is 1. The largest absolute Gasteiger partial charge is 0.469 e. The van der Waals surface area contributed by atoms with Gasteiger partial charge in [0.15, 0.2) is 0 Å². The Morgan fingerprint density at radius 3 is 2.92 bits per heavy atom. The summed E-state index contributed by atoms with van der Waals surface area (Å²) in [6.07, 6.45) is 0.238. The van der Waals surface area contributed by atoms with Crippen molar-refractivity contribution in [1.29, 1.82) is 0 Å². The van der Waals surface area contributed by atoms with Gasteiger partial charge in [0.05, 0.1) is 13.5 Å². The summed E-state index contributed by atoms with van der Waals surface area (Å²) in [5, 5.41) is 0. The van der Waals surface area contributed by atoms with Crippen LogP contribution in [-0.2, 0) is 16.0 Å². The molecular weight excluding hydrogens is 234 g/mol. The molecule has 0 radical (unpaired) electrons. The van der Waals surface area contributed by atoms with Crippen molar-refractivity contribution in [3.63, 3.8) is 0 Å². The molecule has 0 aliphatic carbocycles. The molecule has 0 atom stereocenters. The van der Waals surface area contributed by atoms with Crippen LogP contribution in [0.5, 0.6) is 0 Å². The summed E-state index contributed by atoms with van der Waals surface area (Å²) in [4.78, 5) is 11.0. The summed E-state index contributed by atoms with van der Waals surface area (Å²) in [6.45, 7) is 0. The molecule has 0 spiro atoms. The fraction of sp³-hybridized carbons (Fsp3) is 0.222. The number of hydrogen-bond donors (Lipinski definition) is 1. The van der Waals surface area contributed by atoms with Crippen LogP contribution >= 0.6 is 15.9 Å². The van der Waals surface area contributed by atoms with Gasteiger partial charge in [0.25, 0.3) is 0 Å². The molecule has 1 aromatic carbocycles. The van der Waals surface area contributed by atoms with Crippen LogP contribution in [0.2, 0.25) is 0 Å². The zero-order valence-corrected chi connectivity index (χ0v) is 8.80. The number of rotatable bonds is 2. The van der Waals surface area contributed by atoms with E-state index >= 15 is 0 Å². The lowest BCUT2D eigenvalue weighted by molar-refractivity contribution is -0.139. The Morgan fingerprint density at radius 1 is 1.62 bits per heavy atom.